The van der Waals surface area contributed by atoms with Gasteiger partial charge in [0, 0.05) is 18.6 Å². The first kappa shape index (κ1) is 19.2. The van der Waals surface area contributed by atoms with E-state index in [0.717, 1.165) is 6.42 Å². The number of hydrogen-bond acceptors (Lipinski definition) is 4. The number of carboxylic acid groups (broad SMARTS) is 1. The summed E-state index contributed by atoms with van der Waals surface area (Å²) in [5.74, 6) is -0.844. The first-order valence-corrected chi connectivity index (χ1v) is 7.89. The summed E-state index contributed by atoms with van der Waals surface area (Å²) in [6, 6.07) is -0.806. The number of carbonyl (C=O) groups excluding carboxylic acids is 1. The van der Waals surface area contributed by atoms with Gasteiger partial charge in [-0.1, -0.05) is 12.2 Å². The Kier molecular flexibility index (Phi) is 6.81. The maximum Gasteiger partial charge on any atom is 0.407 e. The number of carboxylic acids is 1. The Hall–Kier alpha value is -1.82. The Bertz CT molecular complexity index is 456. The molecule has 0 spiro atoms. The Morgan fingerprint density at radius 1 is 1.39 bits per heavy atom. The minimum absolute atomic E-state index is 0.00357. The Morgan fingerprint density at radius 2 is 2.04 bits per heavy atom. The zero-order chi connectivity index (χ0) is 17.6. The van der Waals surface area contributed by atoms with Gasteiger partial charge in [0.25, 0.3) is 0 Å². The van der Waals surface area contributed by atoms with Crippen molar-refractivity contribution in [2.24, 2.45) is 0 Å². The summed E-state index contributed by atoms with van der Waals surface area (Å²) in [6.45, 7) is 13.3. The van der Waals surface area contributed by atoms with Crippen LogP contribution in [0, 0.1) is 0 Å². The fraction of sp³-hybridized carbons (Fsp3) is 0.647. The van der Waals surface area contributed by atoms with E-state index in [1.807, 2.05) is 4.90 Å². The van der Waals surface area contributed by atoms with Crippen LogP contribution in [-0.4, -0.2) is 52.3 Å². The summed E-state index contributed by atoms with van der Waals surface area (Å²) in [5, 5.41) is 12.2. The second kappa shape index (κ2) is 8.15. The predicted octanol–water partition coefficient (Wildman–Crippen LogP) is 2.56. The van der Waals surface area contributed by atoms with Gasteiger partial charge in [0.15, 0.2) is 0 Å². The van der Waals surface area contributed by atoms with Crippen molar-refractivity contribution in [1.82, 2.24) is 10.2 Å². The van der Waals surface area contributed by atoms with Crippen LogP contribution in [-0.2, 0) is 9.53 Å². The average molecular weight is 324 g/mol. The number of ether oxygens (including phenoxy) is 1. The lowest BCUT2D eigenvalue weighted by Gasteiger charge is -2.31. The van der Waals surface area contributed by atoms with Gasteiger partial charge in [-0.05, 0) is 40.0 Å². The van der Waals surface area contributed by atoms with E-state index in [0.29, 0.717) is 19.4 Å². The molecule has 1 saturated heterocycles. The highest BCUT2D eigenvalue weighted by molar-refractivity contribution is 5.74. The molecular formula is C17H28N2O4. The van der Waals surface area contributed by atoms with Crippen molar-refractivity contribution >= 4 is 12.1 Å². The van der Waals surface area contributed by atoms with Crippen LogP contribution in [0.3, 0.4) is 0 Å². The van der Waals surface area contributed by atoms with Crippen LogP contribution in [0.4, 0.5) is 4.79 Å². The van der Waals surface area contributed by atoms with E-state index in [9.17, 15) is 14.7 Å². The maximum absolute atomic E-state index is 12.0. The van der Waals surface area contributed by atoms with Gasteiger partial charge in [0.2, 0.25) is 0 Å². The van der Waals surface area contributed by atoms with E-state index in [4.69, 9.17) is 4.74 Å². The smallest absolute Gasteiger partial charge is 0.407 e. The zero-order valence-corrected chi connectivity index (χ0v) is 14.2. The number of aliphatic carboxylic acids is 1. The van der Waals surface area contributed by atoms with Crippen LogP contribution in [0.1, 0.15) is 40.0 Å². The Balaban J connectivity index is 2.76. The Morgan fingerprint density at radius 3 is 2.52 bits per heavy atom. The fourth-order valence-electron chi connectivity index (χ4n) is 2.78. The molecule has 2 N–H and O–H groups in total. The molecule has 0 aromatic rings. The van der Waals surface area contributed by atoms with Crippen LogP contribution in [0.2, 0.25) is 0 Å². The van der Waals surface area contributed by atoms with Crippen LogP contribution in [0.25, 0.3) is 0 Å². The largest absolute Gasteiger partial charge is 0.480 e. The predicted molar refractivity (Wildman–Crippen MR) is 89.3 cm³/mol. The molecule has 3 unspecified atom stereocenters. The molecule has 0 aromatic carbocycles. The molecule has 3 atom stereocenters. The van der Waals surface area contributed by atoms with Gasteiger partial charge >= 0.3 is 12.1 Å². The third-order valence-electron chi connectivity index (χ3n) is 3.72. The minimum atomic E-state index is -0.844. The number of hydrogen-bond donors (Lipinski definition) is 2. The molecule has 0 saturated carbocycles. The topological polar surface area (TPSA) is 78.9 Å². The molecule has 1 aliphatic heterocycles. The van der Waals surface area contributed by atoms with Crippen molar-refractivity contribution < 1.29 is 19.4 Å². The molecule has 0 radical (unpaired) electrons. The van der Waals surface area contributed by atoms with E-state index < -0.39 is 23.7 Å². The van der Waals surface area contributed by atoms with Gasteiger partial charge in [-0.3, -0.25) is 9.69 Å². The standard InChI is InChI=1S/C17H28N2O4/c1-6-8-12(18-16(22)23-17(3,4)5)11-19-13(7-2)9-10-14(19)15(20)21/h6-7,12-14H,1-2,8-11H2,3-5H3,(H,18,22)(H,20,21). The monoisotopic (exact) mass is 324 g/mol. The lowest BCUT2D eigenvalue weighted by atomic mass is 10.1. The summed E-state index contributed by atoms with van der Waals surface area (Å²) in [6.07, 6.45) is 4.84. The van der Waals surface area contributed by atoms with Gasteiger partial charge in [0.1, 0.15) is 11.6 Å². The average Bonchev–Trinajstić information content (AvgIpc) is 2.79. The van der Waals surface area contributed by atoms with Gasteiger partial charge in [-0.25, -0.2) is 4.79 Å². The van der Waals surface area contributed by atoms with Crippen molar-refractivity contribution in [1.29, 1.82) is 0 Å². The molecule has 1 amide bonds. The lowest BCUT2D eigenvalue weighted by Crippen LogP contribution is -2.50. The quantitative estimate of drug-likeness (QED) is 0.704. The van der Waals surface area contributed by atoms with Crippen molar-refractivity contribution in [3.63, 3.8) is 0 Å². The molecule has 0 bridgehead atoms. The number of nitrogens with zero attached hydrogens (tertiary/aromatic N) is 1. The van der Waals surface area contributed by atoms with E-state index in [1.54, 1.807) is 32.9 Å². The third kappa shape index (κ3) is 6.06. The van der Waals surface area contributed by atoms with E-state index >= 15 is 0 Å². The van der Waals surface area contributed by atoms with Crippen LogP contribution >= 0.6 is 0 Å². The minimum Gasteiger partial charge on any atom is -0.480 e. The van der Waals surface area contributed by atoms with Crippen molar-refractivity contribution in [3.05, 3.63) is 25.3 Å². The fourth-order valence-corrected chi connectivity index (χ4v) is 2.78. The van der Waals surface area contributed by atoms with Crippen LogP contribution in [0.5, 0.6) is 0 Å². The number of alkyl carbamates (subject to hydrolysis) is 1. The highest BCUT2D eigenvalue weighted by Crippen LogP contribution is 2.25. The second-order valence-corrected chi connectivity index (χ2v) is 6.80. The van der Waals surface area contributed by atoms with E-state index in [1.165, 1.54) is 0 Å². The maximum atomic E-state index is 12.0. The van der Waals surface area contributed by atoms with Gasteiger partial charge < -0.3 is 15.2 Å². The first-order valence-electron chi connectivity index (χ1n) is 7.89. The van der Waals surface area contributed by atoms with Crippen LogP contribution in [0.15, 0.2) is 25.3 Å². The van der Waals surface area contributed by atoms with E-state index in [2.05, 4.69) is 18.5 Å². The highest BCUT2D eigenvalue weighted by atomic mass is 16.6. The summed E-state index contributed by atoms with van der Waals surface area (Å²) in [5.41, 5.74) is -0.580. The Labute approximate surface area is 138 Å². The lowest BCUT2D eigenvalue weighted by molar-refractivity contribution is -0.142. The summed E-state index contributed by atoms with van der Waals surface area (Å²) in [4.78, 5) is 25.3. The molecule has 1 heterocycles. The third-order valence-corrected chi connectivity index (χ3v) is 3.72. The summed E-state index contributed by atoms with van der Waals surface area (Å²) < 4.78 is 5.27. The van der Waals surface area contributed by atoms with Crippen LogP contribution < -0.4 is 5.32 Å². The molecule has 23 heavy (non-hydrogen) atoms. The number of carbonyl (C=O) groups is 2. The van der Waals surface area contributed by atoms with Gasteiger partial charge in [-0.2, -0.15) is 0 Å². The molecule has 1 aliphatic rings. The molecule has 0 aliphatic carbocycles. The number of rotatable bonds is 7. The number of nitrogens with one attached hydrogen (secondary N) is 1. The van der Waals surface area contributed by atoms with Gasteiger partial charge in [-0.15, -0.1) is 13.2 Å². The van der Waals surface area contributed by atoms with Crippen molar-refractivity contribution in [3.8, 4) is 0 Å². The second-order valence-electron chi connectivity index (χ2n) is 6.80. The summed E-state index contributed by atoms with van der Waals surface area (Å²) in [7, 11) is 0. The highest BCUT2D eigenvalue weighted by Gasteiger charge is 2.37. The van der Waals surface area contributed by atoms with E-state index in [-0.39, 0.29) is 12.1 Å². The normalized spacial score (nSPS) is 23.1. The zero-order valence-electron chi connectivity index (χ0n) is 14.2. The van der Waals surface area contributed by atoms with Crippen molar-refractivity contribution in [2.45, 2.75) is 63.8 Å². The SMILES string of the molecule is C=CCC(CN1C(C=C)CCC1C(=O)O)NC(=O)OC(C)(C)C. The molecule has 130 valence electrons. The summed E-state index contributed by atoms with van der Waals surface area (Å²) >= 11 is 0. The molecule has 1 fully saturated rings. The molecule has 6 nitrogen and oxygen atoms in total. The first-order chi connectivity index (χ1) is 10.7. The number of likely N-dealkylation sites (tertiary alicyclic amines) is 1. The number of amides is 1. The molecule has 6 heteroatoms. The molecular weight excluding hydrogens is 296 g/mol. The molecule has 0 aromatic heterocycles. The van der Waals surface area contributed by atoms with Gasteiger partial charge in [0.05, 0.1) is 0 Å². The van der Waals surface area contributed by atoms with Crippen molar-refractivity contribution in [2.75, 3.05) is 6.54 Å². The molecule has 1 rings (SSSR count).